The smallest absolute Gasteiger partial charge is 0.269 e. The molecule has 1 aromatic carbocycles. The number of aromatic nitrogens is 1. The number of carbonyl (C=O) groups is 1. The highest BCUT2D eigenvalue weighted by Gasteiger charge is 2.39. The molecule has 2 aromatic heterocycles. The first-order chi connectivity index (χ1) is 16.6. The van der Waals surface area contributed by atoms with Crippen molar-refractivity contribution in [2.75, 3.05) is 0 Å². The molecule has 5 rings (SSSR count). The molecule has 8 nitrogen and oxygen atoms in total. The van der Waals surface area contributed by atoms with E-state index in [-0.39, 0.29) is 17.6 Å². The van der Waals surface area contributed by atoms with E-state index >= 15 is 0 Å². The predicted molar refractivity (Wildman–Crippen MR) is 131 cm³/mol. The van der Waals surface area contributed by atoms with E-state index in [0.29, 0.717) is 27.4 Å². The van der Waals surface area contributed by atoms with E-state index in [1.165, 1.54) is 30.3 Å². The summed E-state index contributed by atoms with van der Waals surface area (Å²) in [6.45, 7) is 0. The number of hydrogen-bond acceptors (Lipinski definition) is 7. The lowest BCUT2D eigenvalue weighted by Gasteiger charge is -2.30. The molecule has 1 saturated carbocycles. The summed E-state index contributed by atoms with van der Waals surface area (Å²) in [7, 11) is 0. The number of benzene rings is 1. The summed E-state index contributed by atoms with van der Waals surface area (Å²) >= 11 is 1.33. The Bertz CT molecular complexity index is 1260. The van der Waals surface area contributed by atoms with Crippen LogP contribution in [0.15, 0.2) is 75.1 Å². The number of nitro benzene ring substituents is 1. The molecule has 0 N–H and O–H groups in total. The highest BCUT2D eigenvalue weighted by atomic mass is 32.2. The van der Waals surface area contributed by atoms with Gasteiger partial charge in [0.25, 0.3) is 11.6 Å². The quantitative estimate of drug-likeness (QED) is 0.248. The van der Waals surface area contributed by atoms with E-state index in [9.17, 15) is 14.9 Å². The third-order valence-electron chi connectivity index (χ3n) is 5.90. The van der Waals surface area contributed by atoms with Gasteiger partial charge in [0.2, 0.25) is 0 Å². The number of rotatable bonds is 5. The molecule has 2 aliphatic rings. The third kappa shape index (κ3) is 4.65. The predicted octanol–water partition coefficient (Wildman–Crippen LogP) is 6.19. The summed E-state index contributed by atoms with van der Waals surface area (Å²) in [5.74, 6) is 1.61. The summed E-state index contributed by atoms with van der Waals surface area (Å²) < 4.78 is 5.93. The average molecular weight is 475 g/mol. The normalized spacial score (nSPS) is 19.3. The lowest BCUT2D eigenvalue weighted by Crippen LogP contribution is -2.40. The number of amidine groups is 1. The van der Waals surface area contributed by atoms with Gasteiger partial charge in [0.1, 0.15) is 11.5 Å². The lowest BCUT2D eigenvalue weighted by molar-refractivity contribution is -0.384. The van der Waals surface area contributed by atoms with Gasteiger partial charge < -0.3 is 4.42 Å². The van der Waals surface area contributed by atoms with Gasteiger partial charge in [-0.15, -0.1) is 0 Å². The van der Waals surface area contributed by atoms with Gasteiger partial charge >= 0.3 is 0 Å². The van der Waals surface area contributed by atoms with Crippen LogP contribution >= 0.6 is 11.8 Å². The molecule has 0 bridgehead atoms. The van der Waals surface area contributed by atoms with Crippen LogP contribution in [0.4, 0.5) is 11.5 Å². The first-order valence-electron chi connectivity index (χ1n) is 11.2. The zero-order valence-corrected chi connectivity index (χ0v) is 19.1. The van der Waals surface area contributed by atoms with Crippen LogP contribution in [0.25, 0.3) is 17.4 Å². The van der Waals surface area contributed by atoms with Crippen LogP contribution in [0.1, 0.15) is 37.9 Å². The number of non-ortho nitro benzene ring substituents is 1. The summed E-state index contributed by atoms with van der Waals surface area (Å²) in [6, 6.07) is 15.4. The van der Waals surface area contributed by atoms with Crippen molar-refractivity contribution in [3.63, 3.8) is 0 Å². The Morgan fingerprint density at radius 2 is 1.88 bits per heavy atom. The molecule has 0 spiro atoms. The minimum Gasteiger partial charge on any atom is -0.457 e. The molecule has 3 heterocycles. The first-order valence-corrected chi connectivity index (χ1v) is 12.0. The summed E-state index contributed by atoms with van der Waals surface area (Å²) in [5, 5.41) is 11.5. The van der Waals surface area contributed by atoms with Gasteiger partial charge in [-0.2, -0.15) is 0 Å². The largest absolute Gasteiger partial charge is 0.457 e. The molecule has 1 aliphatic heterocycles. The molecule has 172 valence electrons. The molecule has 9 heteroatoms. The number of carbonyl (C=O) groups excluding carboxylic acids is 1. The van der Waals surface area contributed by atoms with Gasteiger partial charge in [-0.25, -0.2) is 9.98 Å². The number of pyridine rings is 1. The second-order valence-electron chi connectivity index (χ2n) is 8.17. The fourth-order valence-electron chi connectivity index (χ4n) is 4.21. The van der Waals surface area contributed by atoms with E-state index in [4.69, 9.17) is 4.42 Å². The topological polar surface area (TPSA) is 102 Å². The third-order valence-corrected chi connectivity index (χ3v) is 6.88. The van der Waals surface area contributed by atoms with Crippen molar-refractivity contribution in [3.8, 4) is 11.3 Å². The second kappa shape index (κ2) is 9.64. The van der Waals surface area contributed by atoms with E-state index in [2.05, 4.69) is 9.98 Å². The van der Waals surface area contributed by atoms with Gasteiger partial charge in [0.05, 0.1) is 9.83 Å². The fourth-order valence-corrected chi connectivity index (χ4v) is 5.23. The van der Waals surface area contributed by atoms with Crippen molar-refractivity contribution in [3.05, 3.63) is 81.6 Å². The molecule has 1 saturated heterocycles. The van der Waals surface area contributed by atoms with Crippen LogP contribution in [0.3, 0.4) is 0 Å². The standard InChI is InChI=1S/C25H22N4O4S/c30-24-22(16-20-13-14-21(33-20)17-9-11-19(12-10-17)29(31)32)34-25(27-23-8-4-5-15-26-23)28(24)18-6-2-1-3-7-18/h4-5,8-16,18H,1-3,6-7H2/b22-16+,27-25+. The molecule has 0 radical (unpaired) electrons. The van der Waals surface area contributed by atoms with Crippen LogP contribution in [0, 0.1) is 10.1 Å². The molecule has 1 amide bonds. The Morgan fingerprint density at radius 3 is 2.59 bits per heavy atom. The van der Waals surface area contributed by atoms with Gasteiger partial charge in [-0.3, -0.25) is 19.8 Å². The Labute approximate surface area is 200 Å². The van der Waals surface area contributed by atoms with Crippen molar-refractivity contribution in [2.45, 2.75) is 38.1 Å². The monoisotopic (exact) mass is 474 g/mol. The van der Waals surface area contributed by atoms with E-state index < -0.39 is 4.92 Å². The second-order valence-corrected chi connectivity index (χ2v) is 9.18. The van der Waals surface area contributed by atoms with Crippen LogP contribution < -0.4 is 0 Å². The highest BCUT2D eigenvalue weighted by Crippen LogP contribution is 2.38. The zero-order chi connectivity index (χ0) is 23.5. The van der Waals surface area contributed by atoms with Crippen LogP contribution in [0.2, 0.25) is 0 Å². The minimum atomic E-state index is -0.438. The SMILES string of the molecule is O=C1/C(=C\c2ccc(-c3ccc([N+](=O)[O-])cc3)o2)S/C(=N/c2ccccn2)N1C1CCCCC1. The fraction of sp³-hybridized carbons (Fsp3) is 0.240. The van der Waals surface area contributed by atoms with Crippen molar-refractivity contribution < 1.29 is 14.1 Å². The zero-order valence-electron chi connectivity index (χ0n) is 18.3. The first kappa shape index (κ1) is 22.1. The van der Waals surface area contributed by atoms with Gasteiger partial charge in [0.15, 0.2) is 11.0 Å². The molecule has 0 unspecified atom stereocenters. The van der Waals surface area contributed by atoms with Gasteiger partial charge in [-0.05, 0) is 61.0 Å². The minimum absolute atomic E-state index is 0.0214. The Morgan fingerprint density at radius 1 is 1.09 bits per heavy atom. The summed E-state index contributed by atoms with van der Waals surface area (Å²) in [4.78, 5) is 35.2. The Kier molecular flexibility index (Phi) is 6.27. The lowest BCUT2D eigenvalue weighted by atomic mass is 9.94. The summed E-state index contributed by atoms with van der Waals surface area (Å²) in [5.41, 5.74) is 0.745. The molecule has 1 aliphatic carbocycles. The van der Waals surface area contributed by atoms with E-state index in [1.54, 1.807) is 36.5 Å². The number of nitrogens with zero attached hydrogens (tertiary/aromatic N) is 4. The molecule has 34 heavy (non-hydrogen) atoms. The highest BCUT2D eigenvalue weighted by molar-refractivity contribution is 8.18. The molecule has 0 atom stereocenters. The average Bonchev–Trinajstić information content (AvgIpc) is 3.45. The Hall–Kier alpha value is -3.72. The molecular formula is C25H22N4O4S. The summed E-state index contributed by atoms with van der Waals surface area (Å²) in [6.07, 6.45) is 8.75. The van der Waals surface area contributed by atoms with Crippen molar-refractivity contribution >= 4 is 40.4 Å². The van der Waals surface area contributed by atoms with Gasteiger partial charge in [-0.1, -0.05) is 25.3 Å². The molecule has 2 fully saturated rings. The number of amides is 1. The molecular weight excluding hydrogens is 452 g/mol. The maximum atomic E-state index is 13.4. The van der Waals surface area contributed by atoms with Crippen molar-refractivity contribution in [1.29, 1.82) is 0 Å². The molecule has 3 aromatic rings. The number of furan rings is 1. The maximum Gasteiger partial charge on any atom is 0.269 e. The Balaban J connectivity index is 1.43. The number of hydrogen-bond donors (Lipinski definition) is 0. The van der Waals surface area contributed by atoms with E-state index in [0.717, 1.165) is 31.2 Å². The van der Waals surface area contributed by atoms with Crippen LogP contribution in [0.5, 0.6) is 0 Å². The van der Waals surface area contributed by atoms with Gasteiger partial charge in [0, 0.05) is 36.0 Å². The van der Waals surface area contributed by atoms with Crippen molar-refractivity contribution in [1.82, 2.24) is 9.88 Å². The number of nitro groups is 1. The van der Waals surface area contributed by atoms with Crippen LogP contribution in [-0.4, -0.2) is 31.9 Å². The maximum absolute atomic E-state index is 13.4. The van der Waals surface area contributed by atoms with E-state index in [1.807, 2.05) is 23.1 Å². The number of thioether (sulfide) groups is 1. The van der Waals surface area contributed by atoms with Crippen molar-refractivity contribution in [2.24, 2.45) is 4.99 Å². The number of aliphatic imine (C=N–C) groups is 1. The van der Waals surface area contributed by atoms with Crippen LogP contribution in [-0.2, 0) is 4.79 Å².